The van der Waals surface area contributed by atoms with Crippen molar-refractivity contribution in [3.63, 3.8) is 0 Å². The quantitative estimate of drug-likeness (QED) is 0.512. The SMILES string of the molecule is COC(=O)c1cc(Nc2ncnc(Oc3ccc(Br)cc3)c2N)cc(C(=O)OC)c1. The molecule has 10 heteroatoms. The van der Waals surface area contributed by atoms with Crippen LogP contribution in [0.25, 0.3) is 0 Å². The molecule has 2 aromatic carbocycles. The lowest BCUT2D eigenvalue weighted by Crippen LogP contribution is -2.09. The van der Waals surface area contributed by atoms with Gasteiger partial charge in [0, 0.05) is 10.2 Å². The lowest BCUT2D eigenvalue weighted by atomic mass is 10.1. The smallest absolute Gasteiger partial charge is 0.337 e. The lowest BCUT2D eigenvalue weighted by molar-refractivity contribution is 0.0599. The second-order valence-corrected chi connectivity index (χ2v) is 6.82. The molecule has 1 aromatic heterocycles. The molecule has 0 fully saturated rings. The zero-order valence-electron chi connectivity index (χ0n) is 16.0. The van der Waals surface area contributed by atoms with Gasteiger partial charge in [0.05, 0.1) is 25.3 Å². The Balaban J connectivity index is 1.93. The third kappa shape index (κ3) is 4.84. The third-order valence-electron chi connectivity index (χ3n) is 3.91. The maximum Gasteiger partial charge on any atom is 0.337 e. The molecule has 1 heterocycles. The molecule has 0 amide bonds. The molecule has 0 unspecified atom stereocenters. The van der Waals surface area contributed by atoms with Crippen molar-refractivity contribution in [1.29, 1.82) is 0 Å². The van der Waals surface area contributed by atoms with Gasteiger partial charge in [0.2, 0.25) is 5.88 Å². The van der Waals surface area contributed by atoms with Crippen LogP contribution in [0.15, 0.2) is 53.3 Å². The molecular formula is C20H17BrN4O5. The molecule has 0 aliphatic carbocycles. The molecule has 0 radical (unpaired) electrons. The number of esters is 2. The average Bonchev–Trinajstić information content (AvgIpc) is 2.76. The van der Waals surface area contributed by atoms with Gasteiger partial charge in [-0.05, 0) is 42.5 Å². The first kappa shape index (κ1) is 21.1. The van der Waals surface area contributed by atoms with Crippen LogP contribution in [-0.2, 0) is 9.47 Å². The van der Waals surface area contributed by atoms with E-state index in [1.54, 1.807) is 12.1 Å². The Bertz CT molecular complexity index is 1050. The first-order valence-corrected chi connectivity index (χ1v) is 9.33. The molecule has 9 nitrogen and oxygen atoms in total. The van der Waals surface area contributed by atoms with Gasteiger partial charge < -0.3 is 25.3 Å². The molecule has 0 aliphatic rings. The summed E-state index contributed by atoms with van der Waals surface area (Å²) in [5, 5.41) is 2.97. The van der Waals surface area contributed by atoms with Crippen LogP contribution in [-0.4, -0.2) is 36.1 Å². The predicted molar refractivity (Wildman–Crippen MR) is 113 cm³/mol. The van der Waals surface area contributed by atoms with E-state index in [9.17, 15) is 9.59 Å². The predicted octanol–water partition coefficient (Wildman–Crippen LogP) is 3.93. The molecule has 0 atom stereocenters. The fourth-order valence-corrected chi connectivity index (χ4v) is 2.75. The molecule has 3 rings (SSSR count). The highest BCUT2D eigenvalue weighted by Gasteiger charge is 2.16. The van der Waals surface area contributed by atoms with E-state index < -0.39 is 11.9 Å². The van der Waals surface area contributed by atoms with Crippen molar-refractivity contribution in [2.45, 2.75) is 0 Å². The Labute approximate surface area is 180 Å². The number of hydrogen-bond acceptors (Lipinski definition) is 9. The van der Waals surface area contributed by atoms with Gasteiger partial charge in [-0.25, -0.2) is 14.6 Å². The second-order valence-electron chi connectivity index (χ2n) is 5.90. The summed E-state index contributed by atoms with van der Waals surface area (Å²) < 4.78 is 16.1. The van der Waals surface area contributed by atoms with E-state index in [2.05, 4.69) is 31.2 Å². The Hall–Kier alpha value is -3.66. The molecule has 0 aliphatic heterocycles. The molecular weight excluding hydrogens is 456 g/mol. The summed E-state index contributed by atoms with van der Waals surface area (Å²) in [4.78, 5) is 32.1. The van der Waals surface area contributed by atoms with Gasteiger partial charge in [-0.2, -0.15) is 4.98 Å². The molecule has 154 valence electrons. The number of hydrogen-bond donors (Lipinski definition) is 2. The maximum absolute atomic E-state index is 12.0. The van der Waals surface area contributed by atoms with Gasteiger partial charge >= 0.3 is 11.9 Å². The highest BCUT2D eigenvalue weighted by atomic mass is 79.9. The molecule has 30 heavy (non-hydrogen) atoms. The molecule has 0 saturated heterocycles. The van der Waals surface area contributed by atoms with Crippen LogP contribution in [0, 0.1) is 0 Å². The molecule has 3 aromatic rings. The first-order chi connectivity index (χ1) is 14.4. The highest BCUT2D eigenvalue weighted by molar-refractivity contribution is 9.10. The number of nitrogens with zero attached hydrogens (tertiary/aromatic N) is 2. The standard InChI is InChI=1S/C20H17BrN4O5/c1-28-19(26)11-7-12(20(27)29-2)9-14(8-11)25-17-16(22)18(24-10-23-17)30-15-5-3-13(21)4-6-15/h3-10H,22H2,1-2H3,(H,23,24,25). The minimum atomic E-state index is -0.612. The monoisotopic (exact) mass is 472 g/mol. The fourth-order valence-electron chi connectivity index (χ4n) is 2.48. The van der Waals surface area contributed by atoms with Crippen molar-refractivity contribution in [2.75, 3.05) is 25.3 Å². The van der Waals surface area contributed by atoms with E-state index in [1.165, 1.54) is 38.7 Å². The third-order valence-corrected chi connectivity index (χ3v) is 4.44. The number of nitrogens with one attached hydrogen (secondary N) is 1. The van der Waals surface area contributed by atoms with E-state index in [-0.39, 0.29) is 28.5 Å². The Morgan fingerprint density at radius 3 is 2.13 bits per heavy atom. The number of aromatic nitrogens is 2. The van der Waals surface area contributed by atoms with Crippen molar-refractivity contribution >= 4 is 45.1 Å². The Morgan fingerprint density at radius 2 is 1.57 bits per heavy atom. The molecule has 0 bridgehead atoms. The molecule has 0 spiro atoms. The van der Waals surface area contributed by atoms with Gasteiger partial charge in [0.1, 0.15) is 17.8 Å². The second kappa shape index (κ2) is 9.23. The largest absolute Gasteiger partial charge is 0.465 e. The number of halogens is 1. The summed E-state index contributed by atoms with van der Waals surface area (Å²) in [5.74, 6) is -0.310. The number of carbonyl (C=O) groups is 2. The van der Waals surface area contributed by atoms with Crippen molar-refractivity contribution < 1.29 is 23.8 Å². The van der Waals surface area contributed by atoms with Crippen LogP contribution in [0.4, 0.5) is 17.2 Å². The Morgan fingerprint density at radius 1 is 0.967 bits per heavy atom. The normalized spacial score (nSPS) is 10.2. The summed E-state index contributed by atoms with van der Waals surface area (Å²) in [6, 6.07) is 11.5. The van der Waals surface area contributed by atoms with Crippen LogP contribution in [0.1, 0.15) is 20.7 Å². The van der Waals surface area contributed by atoms with E-state index in [0.29, 0.717) is 11.4 Å². The van der Waals surface area contributed by atoms with Crippen LogP contribution >= 0.6 is 15.9 Å². The van der Waals surface area contributed by atoms with Gasteiger partial charge in [0.25, 0.3) is 0 Å². The highest BCUT2D eigenvalue weighted by Crippen LogP contribution is 2.32. The molecule has 3 N–H and O–H groups in total. The van der Waals surface area contributed by atoms with Crippen molar-refractivity contribution in [3.8, 4) is 11.6 Å². The zero-order valence-corrected chi connectivity index (χ0v) is 17.6. The summed E-state index contributed by atoms with van der Waals surface area (Å²) in [7, 11) is 2.49. The lowest BCUT2D eigenvalue weighted by Gasteiger charge is -2.13. The van der Waals surface area contributed by atoms with Crippen LogP contribution in [0.3, 0.4) is 0 Å². The van der Waals surface area contributed by atoms with Crippen LogP contribution < -0.4 is 15.8 Å². The minimum absolute atomic E-state index is 0.142. The first-order valence-electron chi connectivity index (χ1n) is 8.54. The number of benzene rings is 2. The van der Waals surface area contributed by atoms with Gasteiger partial charge in [-0.1, -0.05) is 15.9 Å². The van der Waals surface area contributed by atoms with E-state index >= 15 is 0 Å². The summed E-state index contributed by atoms with van der Waals surface area (Å²) in [5.41, 5.74) is 6.98. The summed E-state index contributed by atoms with van der Waals surface area (Å²) in [6.07, 6.45) is 1.28. The summed E-state index contributed by atoms with van der Waals surface area (Å²) in [6.45, 7) is 0. The van der Waals surface area contributed by atoms with Crippen LogP contribution in [0.2, 0.25) is 0 Å². The van der Waals surface area contributed by atoms with Crippen molar-refractivity contribution in [1.82, 2.24) is 9.97 Å². The number of anilines is 3. The number of ether oxygens (including phenoxy) is 3. The van der Waals surface area contributed by atoms with Gasteiger partial charge in [-0.15, -0.1) is 0 Å². The molecule has 0 saturated carbocycles. The van der Waals surface area contributed by atoms with Crippen molar-refractivity contribution in [3.05, 3.63) is 64.4 Å². The van der Waals surface area contributed by atoms with E-state index in [1.807, 2.05) is 12.1 Å². The van der Waals surface area contributed by atoms with Crippen LogP contribution in [0.5, 0.6) is 11.6 Å². The average molecular weight is 473 g/mol. The number of carbonyl (C=O) groups excluding carboxylic acids is 2. The van der Waals surface area contributed by atoms with E-state index in [0.717, 1.165) is 4.47 Å². The van der Waals surface area contributed by atoms with E-state index in [4.69, 9.17) is 19.9 Å². The van der Waals surface area contributed by atoms with Gasteiger partial charge in [0.15, 0.2) is 5.82 Å². The zero-order chi connectivity index (χ0) is 21.7. The van der Waals surface area contributed by atoms with Crippen molar-refractivity contribution in [2.24, 2.45) is 0 Å². The topological polar surface area (TPSA) is 126 Å². The number of methoxy groups -OCH3 is 2. The number of rotatable bonds is 6. The summed E-state index contributed by atoms with van der Waals surface area (Å²) >= 11 is 3.35. The maximum atomic E-state index is 12.0. The minimum Gasteiger partial charge on any atom is -0.465 e. The Kier molecular flexibility index (Phi) is 6.48. The fraction of sp³-hybridized carbons (Fsp3) is 0.100. The van der Waals surface area contributed by atoms with Gasteiger partial charge in [-0.3, -0.25) is 0 Å². The number of nitrogens with two attached hydrogens (primary N) is 1. The number of nitrogen functional groups attached to an aromatic ring is 1.